The summed E-state index contributed by atoms with van der Waals surface area (Å²) in [6.07, 6.45) is 6.81. The Morgan fingerprint density at radius 1 is 1.19 bits per heavy atom. The van der Waals surface area contributed by atoms with Crippen molar-refractivity contribution in [2.24, 2.45) is 0 Å². The van der Waals surface area contributed by atoms with Gasteiger partial charge in [-0.15, -0.1) is 0 Å². The summed E-state index contributed by atoms with van der Waals surface area (Å²) in [7, 11) is 0. The van der Waals surface area contributed by atoms with E-state index in [0.29, 0.717) is 12.1 Å². The second-order valence-corrected chi connectivity index (χ2v) is 5.01. The molecule has 1 rings (SSSR count). The van der Waals surface area contributed by atoms with E-state index < -0.39 is 0 Å². The maximum absolute atomic E-state index is 5.66. The van der Waals surface area contributed by atoms with Crippen LogP contribution in [0.25, 0.3) is 0 Å². The van der Waals surface area contributed by atoms with Gasteiger partial charge in [-0.25, -0.2) is 0 Å². The third-order valence-corrected chi connectivity index (χ3v) is 2.98. The molecule has 0 radical (unpaired) electrons. The second-order valence-electron chi connectivity index (χ2n) is 5.01. The smallest absolute Gasteiger partial charge is 0.0699 e. The van der Waals surface area contributed by atoms with E-state index in [0.717, 1.165) is 26.2 Å². The van der Waals surface area contributed by atoms with E-state index in [2.05, 4.69) is 24.5 Å². The van der Waals surface area contributed by atoms with Gasteiger partial charge in [-0.1, -0.05) is 13.8 Å². The van der Waals surface area contributed by atoms with Gasteiger partial charge in [0.15, 0.2) is 0 Å². The van der Waals surface area contributed by atoms with Crippen LogP contribution in [0.4, 0.5) is 0 Å². The van der Waals surface area contributed by atoms with Crippen LogP contribution in [0.2, 0.25) is 0 Å². The fraction of sp³-hybridized carbons (Fsp3) is 1.00. The van der Waals surface area contributed by atoms with Crippen molar-refractivity contribution < 1.29 is 4.74 Å². The molecule has 3 nitrogen and oxygen atoms in total. The summed E-state index contributed by atoms with van der Waals surface area (Å²) in [6.45, 7) is 8.65. The first kappa shape index (κ1) is 13.9. The minimum absolute atomic E-state index is 0.475. The Kier molecular flexibility index (Phi) is 7.81. The maximum atomic E-state index is 5.66. The standard InChI is InChI=1S/C13H28N2O/c1-12(2)15-9-5-4-8-14-11-13-7-3-6-10-16-13/h12-15H,3-11H2,1-2H3. The monoisotopic (exact) mass is 228 g/mol. The van der Waals surface area contributed by atoms with E-state index in [1.54, 1.807) is 0 Å². The van der Waals surface area contributed by atoms with Crippen molar-refractivity contribution in [2.75, 3.05) is 26.2 Å². The van der Waals surface area contributed by atoms with Gasteiger partial charge in [0.05, 0.1) is 6.10 Å². The fourth-order valence-corrected chi connectivity index (χ4v) is 2.00. The number of rotatable bonds is 8. The lowest BCUT2D eigenvalue weighted by molar-refractivity contribution is 0.0170. The lowest BCUT2D eigenvalue weighted by Gasteiger charge is -2.22. The highest BCUT2D eigenvalue weighted by atomic mass is 16.5. The summed E-state index contributed by atoms with van der Waals surface area (Å²) >= 11 is 0. The number of hydrogen-bond donors (Lipinski definition) is 2. The van der Waals surface area contributed by atoms with Crippen LogP contribution < -0.4 is 10.6 Å². The van der Waals surface area contributed by atoms with Gasteiger partial charge in [0.2, 0.25) is 0 Å². The van der Waals surface area contributed by atoms with E-state index in [9.17, 15) is 0 Å². The first-order chi connectivity index (χ1) is 7.79. The topological polar surface area (TPSA) is 33.3 Å². The van der Waals surface area contributed by atoms with Crippen LogP contribution in [0.5, 0.6) is 0 Å². The summed E-state index contributed by atoms with van der Waals surface area (Å²) in [5.74, 6) is 0. The molecule has 2 N–H and O–H groups in total. The summed E-state index contributed by atoms with van der Waals surface area (Å²) in [5, 5.41) is 6.92. The van der Waals surface area contributed by atoms with Crippen LogP contribution in [0.15, 0.2) is 0 Å². The Hall–Kier alpha value is -0.120. The molecule has 0 amide bonds. The zero-order valence-electron chi connectivity index (χ0n) is 10.9. The predicted molar refractivity (Wildman–Crippen MR) is 68.8 cm³/mol. The van der Waals surface area contributed by atoms with Gasteiger partial charge in [-0.05, 0) is 45.2 Å². The van der Waals surface area contributed by atoms with Gasteiger partial charge < -0.3 is 15.4 Å². The molecular weight excluding hydrogens is 200 g/mol. The van der Waals surface area contributed by atoms with Gasteiger partial charge in [0.25, 0.3) is 0 Å². The molecule has 3 heteroatoms. The third-order valence-electron chi connectivity index (χ3n) is 2.98. The van der Waals surface area contributed by atoms with Crippen molar-refractivity contribution >= 4 is 0 Å². The third kappa shape index (κ3) is 7.20. The van der Waals surface area contributed by atoms with E-state index in [1.165, 1.54) is 32.1 Å². The normalized spacial score (nSPS) is 21.6. The number of hydrogen-bond acceptors (Lipinski definition) is 3. The van der Waals surface area contributed by atoms with Gasteiger partial charge in [-0.3, -0.25) is 0 Å². The molecule has 0 bridgehead atoms. The molecule has 0 aromatic heterocycles. The van der Waals surface area contributed by atoms with E-state index >= 15 is 0 Å². The zero-order valence-corrected chi connectivity index (χ0v) is 10.9. The van der Waals surface area contributed by atoms with E-state index in [-0.39, 0.29) is 0 Å². The van der Waals surface area contributed by atoms with Crippen LogP contribution >= 0.6 is 0 Å². The van der Waals surface area contributed by atoms with E-state index in [1.807, 2.05) is 0 Å². The quantitative estimate of drug-likeness (QED) is 0.623. The first-order valence-corrected chi connectivity index (χ1v) is 6.84. The number of ether oxygens (including phenoxy) is 1. The van der Waals surface area contributed by atoms with Gasteiger partial charge in [-0.2, -0.15) is 0 Å². The highest BCUT2D eigenvalue weighted by Crippen LogP contribution is 2.11. The van der Waals surface area contributed by atoms with Gasteiger partial charge >= 0.3 is 0 Å². The zero-order chi connectivity index (χ0) is 11.6. The summed E-state index contributed by atoms with van der Waals surface area (Å²) in [5.41, 5.74) is 0. The maximum Gasteiger partial charge on any atom is 0.0699 e. The van der Waals surface area contributed by atoms with Crippen LogP contribution in [0, 0.1) is 0 Å². The molecule has 1 heterocycles. The molecule has 0 spiro atoms. The number of nitrogens with one attached hydrogen (secondary N) is 2. The average molecular weight is 228 g/mol. The molecule has 16 heavy (non-hydrogen) atoms. The average Bonchev–Trinajstić information content (AvgIpc) is 2.29. The molecule has 0 aliphatic carbocycles. The second kappa shape index (κ2) is 8.97. The van der Waals surface area contributed by atoms with Crippen molar-refractivity contribution in [1.29, 1.82) is 0 Å². The Balaban J connectivity index is 1.80. The molecule has 96 valence electrons. The van der Waals surface area contributed by atoms with Gasteiger partial charge in [0, 0.05) is 19.2 Å². The van der Waals surface area contributed by atoms with Crippen LogP contribution in [-0.4, -0.2) is 38.4 Å². The van der Waals surface area contributed by atoms with Crippen molar-refractivity contribution in [3.63, 3.8) is 0 Å². The Morgan fingerprint density at radius 3 is 2.69 bits per heavy atom. The molecular formula is C13H28N2O. The molecule has 0 aromatic rings. The lowest BCUT2D eigenvalue weighted by atomic mass is 10.1. The Morgan fingerprint density at radius 2 is 2.00 bits per heavy atom. The molecule has 0 aromatic carbocycles. The molecule has 1 unspecified atom stereocenters. The molecule has 1 aliphatic heterocycles. The number of unbranched alkanes of at least 4 members (excludes halogenated alkanes) is 1. The van der Waals surface area contributed by atoms with Crippen molar-refractivity contribution in [2.45, 2.75) is 58.1 Å². The van der Waals surface area contributed by atoms with Crippen molar-refractivity contribution in [3.8, 4) is 0 Å². The molecule has 1 saturated heterocycles. The molecule has 1 fully saturated rings. The minimum Gasteiger partial charge on any atom is -0.377 e. The van der Waals surface area contributed by atoms with Crippen LogP contribution in [-0.2, 0) is 4.74 Å². The Labute approximate surface area is 100 Å². The molecule has 1 aliphatic rings. The molecule has 1 atom stereocenters. The van der Waals surface area contributed by atoms with Gasteiger partial charge in [0.1, 0.15) is 0 Å². The largest absolute Gasteiger partial charge is 0.377 e. The minimum atomic E-state index is 0.475. The fourth-order valence-electron chi connectivity index (χ4n) is 2.00. The lowest BCUT2D eigenvalue weighted by Crippen LogP contribution is -2.32. The summed E-state index contributed by atoms with van der Waals surface area (Å²) in [4.78, 5) is 0. The highest BCUT2D eigenvalue weighted by Gasteiger charge is 2.12. The predicted octanol–water partition coefficient (Wildman–Crippen LogP) is 1.92. The highest BCUT2D eigenvalue weighted by molar-refractivity contribution is 4.66. The van der Waals surface area contributed by atoms with E-state index in [4.69, 9.17) is 4.74 Å². The van der Waals surface area contributed by atoms with Crippen LogP contribution in [0.1, 0.15) is 46.0 Å². The van der Waals surface area contributed by atoms with Crippen molar-refractivity contribution in [1.82, 2.24) is 10.6 Å². The SMILES string of the molecule is CC(C)NCCCCNCC1CCCCO1. The summed E-state index contributed by atoms with van der Waals surface area (Å²) < 4.78 is 5.66. The van der Waals surface area contributed by atoms with Crippen molar-refractivity contribution in [3.05, 3.63) is 0 Å². The summed E-state index contributed by atoms with van der Waals surface area (Å²) in [6, 6.07) is 0.614. The molecule has 0 saturated carbocycles. The first-order valence-electron chi connectivity index (χ1n) is 6.84. The Bertz CT molecular complexity index is 156. The van der Waals surface area contributed by atoms with Crippen LogP contribution in [0.3, 0.4) is 0 Å².